The summed E-state index contributed by atoms with van der Waals surface area (Å²) >= 11 is 0. The van der Waals surface area contributed by atoms with E-state index >= 15 is 0 Å². The van der Waals surface area contributed by atoms with E-state index in [0.717, 1.165) is 177 Å². The average Bonchev–Trinajstić information content (AvgIpc) is 0.811. The van der Waals surface area contributed by atoms with E-state index in [2.05, 4.69) is 140 Å². The number of ketones is 3. The van der Waals surface area contributed by atoms with Crippen LogP contribution in [-0.4, -0.2) is 86.2 Å². The monoisotopic (exact) mass is 1630 g/mol. The van der Waals surface area contributed by atoms with E-state index < -0.39 is 0 Å². The van der Waals surface area contributed by atoms with Gasteiger partial charge in [0.1, 0.15) is 28.8 Å². The Morgan fingerprint density at radius 3 is 0.828 bits per heavy atom. The molecule has 0 radical (unpaired) electrons. The van der Waals surface area contributed by atoms with E-state index in [9.17, 15) is 14.4 Å². The zero-order valence-electron chi connectivity index (χ0n) is 70.6. The maximum Gasteiger partial charge on any atom is 0.168 e. The number of nitrogens with zero attached hydrogens (tertiary/aromatic N) is 6. The maximum atomic E-state index is 11.2. The fourth-order valence-electron chi connectivity index (χ4n) is 15.1. The number of fused-ring (bicyclic) bond motifs is 6. The minimum absolute atomic E-state index is 0.171. The molecule has 0 aliphatic carbocycles. The molecule has 12 aromatic rings. The fraction of sp³-hybridized carbons (Fsp3) is 0.233. The second-order valence-corrected chi connectivity index (χ2v) is 30.1. The molecule has 0 amide bonds. The number of para-hydroxylation sites is 7. The Hall–Kier alpha value is -14.1. The summed E-state index contributed by atoms with van der Waals surface area (Å²) in [6.45, 7) is 20.6. The Kier molecular flexibility index (Phi) is 29.9. The summed E-state index contributed by atoms with van der Waals surface area (Å²) in [6.07, 6.45) is 6.87. The summed E-state index contributed by atoms with van der Waals surface area (Å²) in [7, 11) is 6.67. The minimum atomic E-state index is 0.171. The highest BCUT2D eigenvalue weighted by Crippen LogP contribution is 2.42. The average molecular weight is 1640 g/mol. The quantitative estimate of drug-likeness (QED) is 0.0662. The van der Waals surface area contributed by atoms with Gasteiger partial charge in [-0.1, -0.05) is 164 Å². The van der Waals surface area contributed by atoms with Crippen molar-refractivity contribution in [2.75, 3.05) is 98.2 Å². The maximum absolute atomic E-state index is 11.2. The van der Waals surface area contributed by atoms with Crippen LogP contribution in [0.2, 0.25) is 0 Å². The molecule has 18 rings (SSSR count). The van der Waals surface area contributed by atoms with Gasteiger partial charge in [-0.05, 0) is 183 Å². The molecule has 0 saturated carbocycles. The van der Waals surface area contributed by atoms with Gasteiger partial charge in [0.25, 0.3) is 0 Å². The first-order chi connectivity index (χ1) is 59.6. The zero-order chi connectivity index (χ0) is 85.1. The molecule has 0 unspecified atom stereocenters. The summed E-state index contributed by atoms with van der Waals surface area (Å²) in [5, 5.41) is 0. The molecule has 6 aliphatic heterocycles. The molecule has 12 aromatic carbocycles. The van der Waals surface area contributed by atoms with E-state index in [1.54, 1.807) is 49.2 Å². The van der Waals surface area contributed by atoms with Crippen molar-refractivity contribution in [3.8, 4) is 57.5 Å². The first-order valence-corrected chi connectivity index (χ1v) is 40.9. The van der Waals surface area contributed by atoms with Gasteiger partial charge >= 0.3 is 0 Å². The summed E-state index contributed by atoms with van der Waals surface area (Å²) in [5.41, 5.74) is 19.3. The smallest absolute Gasteiger partial charge is 0.168 e. The van der Waals surface area contributed by atoms with Gasteiger partial charge < -0.3 is 76.8 Å². The van der Waals surface area contributed by atoms with Crippen molar-refractivity contribution in [3.63, 3.8) is 0 Å². The van der Waals surface area contributed by atoms with Crippen LogP contribution >= 0.6 is 0 Å². The van der Waals surface area contributed by atoms with Crippen molar-refractivity contribution < 1.29 is 61.8 Å². The summed E-state index contributed by atoms with van der Waals surface area (Å²) < 4.78 is 56.6. The Bertz CT molecular complexity index is 5480. The van der Waals surface area contributed by atoms with Gasteiger partial charge in [0, 0.05) is 126 Å². The van der Waals surface area contributed by atoms with E-state index in [4.69, 9.17) is 47.4 Å². The third kappa shape index (κ3) is 22.8. The summed E-state index contributed by atoms with van der Waals surface area (Å²) in [4.78, 5) is 46.6. The molecular formula is C103H106N6O13. The first kappa shape index (κ1) is 85.8. The number of hydrogen-bond donors (Lipinski definition) is 0. The molecule has 0 bridgehead atoms. The Balaban J connectivity index is 0.000000127. The van der Waals surface area contributed by atoms with Crippen LogP contribution < -0.4 is 76.8 Å². The molecule has 0 N–H and O–H groups in total. The van der Waals surface area contributed by atoms with Crippen molar-refractivity contribution in [3.05, 3.63) is 359 Å². The number of hydrogen-bond acceptors (Lipinski definition) is 19. The molecule has 0 saturated heterocycles. The predicted octanol–water partition coefficient (Wildman–Crippen LogP) is 20.1. The lowest BCUT2D eigenvalue weighted by Crippen LogP contribution is -2.32. The molecule has 0 fully saturated rings. The van der Waals surface area contributed by atoms with Gasteiger partial charge in [-0.3, -0.25) is 14.4 Å². The summed E-state index contributed by atoms with van der Waals surface area (Å²) in [6, 6.07) is 91.8. The number of methoxy groups -OCH3 is 4. The largest absolute Gasteiger partial charge is 0.493 e. The van der Waals surface area contributed by atoms with Crippen LogP contribution in [0.25, 0.3) is 0 Å². The standard InChI is InChI=1S/C21H23NO3.C18H19NO3.C18H19NO2.C17H17NO2.C15H15NO2.C14H13NO/c1-4-5-17-11-18-13-22(14-25-21(18)20(12-17)24-3)19-8-6-16(7-9-19)10-15(2)23;1-13(20)10-14-6-8-16(9-7-14)19-11-15-4-3-5-17(21-2)18(15)22-12-19;1-3-7-14-10-15-12-19(16-8-5-4-6-9-16)13-21-18(15)17(11-14)20-2;1-13(19)10-14-6-8-16(9-7-14)18-11-15-4-2-3-5-17(15)20-12-18;1-17-14-9-5-6-12-10-16(11-18-15(12)14)13-7-3-2-4-8-13;1-2-7-13(8-3-1)15-10-12-6-4-5-9-14(12)16-11-15/h4,6-9,11-12H,1,5,10,13-14H2,2-3H3;3-9H,10-12H2,1-2H3;3-6,8-11H,1,7,12-13H2,2H3;2-9H,10-12H2,1H3;2-9H,10-11H2,1H3;1-9H,10-11H2. The highest BCUT2D eigenvalue weighted by Gasteiger charge is 2.27. The Labute approximate surface area is 716 Å². The second-order valence-electron chi connectivity index (χ2n) is 30.1. The Morgan fingerprint density at radius 2 is 0.533 bits per heavy atom. The number of rotatable bonds is 20. The van der Waals surface area contributed by atoms with Gasteiger partial charge in [0.05, 0.1) is 28.4 Å². The van der Waals surface area contributed by atoms with Crippen LogP contribution in [-0.2, 0) is 85.8 Å². The van der Waals surface area contributed by atoms with E-state index in [0.29, 0.717) is 59.6 Å². The lowest BCUT2D eigenvalue weighted by atomic mass is 10.0. The number of anilines is 6. The number of benzene rings is 12. The molecule has 0 atom stereocenters. The third-order valence-electron chi connectivity index (χ3n) is 21.1. The van der Waals surface area contributed by atoms with Gasteiger partial charge in [0.2, 0.25) is 0 Å². The molecule has 626 valence electrons. The zero-order valence-corrected chi connectivity index (χ0v) is 70.6. The van der Waals surface area contributed by atoms with Gasteiger partial charge in [-0.2, -0.15) is 0 Å². The highest BCUT2D eigenvalue weighted by atomic mass is 16.5. The Morgan fingerprint density at radius 1 is 0.279 bits per heavy atom. The fourth-order valence-corrected chi connectivity index (χ4v) is 15.1. The van der Waals surface area contributed by atoms with Crippen LogP contribution in [0.15, 0.2) is 298 Å². The van der Waals surface area contributed by atoms with E-state index in [1.165, 1.54) is 28.1 Å². The van der Waals surface area contributed by atoms with Crippen molar-refractivity contribution in [2.45, 2.75) is 92.1 Å². The lowest BCUT2D eigenvalue weighted by molar-refractivity contribution is -0.117. The number of carbonyl (C=O) groups is 3. The van der Waals surface area contributed by atoms with Crippen molar-refractivity contribution in [2.24, 2.45) is 0 Å². The van der Waals surface area contributed by atoms with Crippen LogP contribution in [0.5, 0.6) is 57.5 Å². The number of ether oxygens (including phenoxy) is 10. The molecular weight excluding hydrogens is 1530 g/mol. The van der Waals surface area contributed by atoms with Crippen molar-refractivity contribution in [1.82, 2.24) is 0 Å². The number of Topliss-reactive ketones (excluding diaryl/α,β-unsaturated/α-hetero) is 3. The molecule has 0 spiro atoms. The minimum Gasteiger partial charge on any atom is -0.493 e. The third-order valence-corrected chi connectivity index (χ3v) is 21.1. The summed E-state index contributed by atoms with van der Waals surface area (Å²) in [5.74, 6) is 9.04. The first-order valence-electron chi connectivity index (χ1n) is 40.9. The molecule has 19 nitrogen and oxygen atoms in total. The van der Waals surface area contributed by atoms with E-state index in [1.807, 2.05) is 188 Å². The van der Waals surface area contributed by atoms with Crippen LogP contribution in [0.4, 0.5) is 34.1 Å². The number of allylic oxidation sites excluding steroid dienone is 2. The molecule has 0 aromatic heterocycles. The molecule has 6 heterocycles. The highest BCUT2D eigenvalue weighted by molar-refractivity contribution is 5.79. The molecule has 6 aliphatic rings. The van der Waals surface area contributed by atoms with Crippen molar-refractivity contribution in [1.29, 1.82) is 0 Å². The SMILES string of the molecule is C=CCc1cc2c(c(OC)c1)OCN(c1ccc(CC(C)=O)cc1)C2.C=CCc1cc2c(c(OC)c1)OCN(c1ccccc1)C2.CC(=O)Cc1ccc(N2COc3ccccc3C2)cc1.COc1cccc2c1OCN(c1ccc(CC(C)=O)cc1)C2.COc1cccc2c1OCN(c1ccccc1)C2.c1ccc(N2COc3ccccc3C2)cc1. The second kappa shape index (κ2) is 42.5. The predicted molar refractivity (Wildman–Crippen MR) is 485 cm³/mol. The normalized spacial score (nSPS) is 13.4. The van der Waals surface area contributed by atoms with Crippen LogP contribution in [0, 0.1) is 0 Å². The van der Waals surface area contributed by atoms with Crippen LogP contribution in [0.3, 0.4) is 0 Å². The van der Waals surface area contributed by atoms with Gasteiger partial charge in [0.15, 0.2) is 86.4 Å². The topological polar surface area (TPSA) is 163 Å². The van der Waals surface area contributed by atoms with Gasteiger partial charge in [-0.25, -0.2) is 0 Å². The molecule has 19 heteroatoms. The van der Waals surface area contributed by atoms with Crippen molar-refractivity contribution >= 4 is 51.5 Å². The van der Waals surface area contributed by atoms with Crippen LogP contribution in [0.1, 0.15) is 82.0 Å². The lowest BCUT2D eigenvalue weighted by Gasteiger charge is -2.32. The van der Waals surface area contributed by atoms with E-state index in [-0.39, 0.29) is 17.3 Å². The van der Waals surface area contributed by atoms with Gasteiger partial charge in [-0.15, -0.1) is 13.2 Å². The molecule has 122 heavy (non-hydrogen) atoms. The number of carbonyl (C=O) groups excluding carboxylic acids is 3.